The van der Waals surface area contributed by atoms with E-state index in [1.807, 2.05) is 25.7 Å². The summed E-state index contributed by atoms with van der Waals surface area (Å²) in [5.41, 5.74) is -0.563. The lowest BCUT2D eigenvalue weighted by Gasteiger charge is -2.34. The fraction of sp³-hybridized carbons (Fsp3) is 0.600. The van der Waals surface area contributed by atoms with Gasteiger partial charge in [-0.15, -0.1) is 0 Å². The molecule has 0 bridgehead atoms. The highest BCUT2D eigenvalue weighted by Gasteiger charge is 2.25. The summed E-state index contributed by atoms with van der Waals surface area (Å²) < 4.78 is 5.26. The number of pyridine rings is 1. The number of ether oxygens (including phenoxy) is 1. The fourth-order valence-corrected chi connectivity index (χ4v) is 2.45. The average Bonchev–Trinajstić information content (AvgIpc) is 2.45. The molecule has 126 valence electrons. The lowest BCUT2D eigenvalue weighted by molar-refractivity contribution is -0.385. The van der Waals surface area contributed by atoms with Crippen LogP contribution in [0, 0.1) is 10.1 Å². The molecule has 0 aromatic carbocycles. The molecule has 1 unspecified atom stereocenters. The van der Waals surface area contributed by atoms with E-state index in [-0.39, 0.29) is 11.7 Å². The molecular formula is C15H22N4O4. The van der Waals surface area contributed by atoms with Gasteiger partial charge in [-0.05, 0) is 39.7 Å². The first kappa shape index (κ1) is 17.0. The number of alkyl carbamates (subject to hydrolysis) is 1. The quantitative estimate of drug-likeness (QED) is 0.678. The molecule has 1 saturated heterocycles. The summed E-state index contributed by atoms with van der Waals surface area (Å²) in [5, 5.41) is 13.5. The molecule has 1 amide bonds. The van der Waals surface area contributed by atoms with Crippen LogP contribution in [0.15, 0.2) is 18.3 Å². The molecule has 2 heterocycles. The standard InChI is InChI=1S/C15H22N4O4/c1-15(2,3)23-14(20)17-11-5-4-8-18(10-11)13-7-6-12(9-16-13)19(21)22/h6-7,9,11H,4-5,8,10H2,1-3H3,(H,17,20). The van der Waals surface area contributed by atoms with Crippen LogP contribution in [-0.4, -0.2) is 40.7 Å². The molecule has 8 nitrogen and oxygen atoms in total. The maximum Gasteiger partial charge on any atom is 0.407 e. The molecule has 1 N–H and O–H groups in total. The van der Waals surface area contributed by atoms with Gasteiger partial charge in [-0.2, -0.15) is 0 Å². The van der Waals surface area contributed by atoms with Crippen molar-refractivity contribution in [2.45, 2.75) is 45.3 Å². The van der Waals surface area contributed by atoms with Crippen LogP contribution < -0.4 is 10.2 Å². The van der Waals surface area contributed by atoms with E-state index >= 15 is 0 Å². The molecule has 2 rings (SSSR count). The van der Waals surface area contributed by atoms with Crippen molar-refractivity contribution < 1.29 is 14.5 Å². The van der Waals surface area contributed by atoms with Crippen LogP contribution in [0.1, 0.15) is 33.6 Å². The second kappa shape index (κ2) is 6.80. The maximum atomic E-state index is 11.8. The van der Waals surface area contributed by atoms with Crippen LogP contribution in [0.2, 0.25) is 0 Å². The molecule has 8 heteroatoms. The summed E-state index contributed by atoms with van der Waals surface area (Å²) in [6.45, 7) is 6.86. The number of nitrogens with zero attached hydrogens (tertiary/aromatic N) is 3. The lowest BCUT2D eigenvalue weighted by Crippen LogP contribution is -2.49. The number of carbonyl (C=O) groups is 1. The minimum absolute atomic E-state index is 0.0319. The van der Waals surface area contributed by atoms with Crippen LogP contribution in [0.3, 0.4) is 0 Å². The first-order chi connectivity index (χ1) is 10.7. The second-order valence-corrected chi connectivity index (χ2v) is 6.56. The number of nitrogens with one attached hydrogen (secondary N) is 1. The van der Waals surface area contributed by atoms with Gasteiger partial charge in [0.25, 0.3) is 5.69 Å². The van der Waals surface area contributed by atoms with Gasteiger partial charge < -0.3 is 15.0 Å². The minimum Gasteiger partial charge on any atom is -0.444 e. The van der Waals surface area contributed by atoms with Crippen molar-refractivity contribution in [3.05, 3.63) is 28.4 Å². The Hall–Kier alpha value is -2.38. The van der Waals surface area contributed by atoms with Gasteiger partial charge in [0.2, 0.25) is 0 Å². The SMILES string of the molecule is CC(C)(C)OC(=O)NC1CCCN(c2ccc([N+](=O)[O-])cn2)C1. The van der Waals surface area contributed by atoms with Crippen molar-refractivity contribution in [1.82, 2.24) is 10.3 Å². The molecule has 23 heavy (non-hydrogen) atoms. The summed E-state index contributed by atoms with van der Waals surface area (Å²) in [6, 6.07) is 3.04. The predicted octanol–water partition coefficient (Wildman–Crippen LogP) is 2.48. The maximum absolute atomic E-state index is 11.8. The van der Waals surface area contributed by atoms with Gasteiger partial charge >= 0.3 is 6.09 Å². The van der Waals surface area contributed by atoms with Crippen molar-refractivity contribution >= 4 is 17.6 Å². The van der Waals surface area contributed by atoms with E-state index in [0.29, 0.717) is 12.4 Å². The molecule has 0 radical (unpaired) electrons. The van der Waals surface area contributed by atoms with Gasteiger partial charge in [0, 0.05) is 25.2 Å². The summed E-state index contributed by atoms with van der Waals surface area (Å²) in [4.78, 5) is 28.2. The molecule has 1 aromatic rings. The molecule has 0 spiro atoms. The molecule has 1 atom stereocenters. The van der Waals surface area contributed by atoms with Gasteiger partial charge in [-0.1, -0.05) is 0 Å². The van der Waals surface area contributed by atoms with Crippen LogP contribution in [0.5, 0.6) is 0 Å². The topological polar surface area (TPSA) is 97.6 Å². The average molecular weight is 322 g/mol. The molecule has 0 saturated carbocycles. The molecule has 1 fully saturated rings. The Balaban J connectivity index is 1.95. The van der Waals surface area contributed by atoms with E-state index in [0.717, 1.165) is 19.4 Å². The third-order valence-electron chi connectivity index (χ3n) is 3.41. The number of nitro groups is 1. The van der Waals surface area contributed by atoms with Gasteiger partial charge in [0.15, 0.2) is 0 Å². The number of hydrogen-bond donors (Lipinski definition) is 1. The highest BCUT2D eigenvalue weighted by atomic mass is 16.6. The van der Waals surface area contributed by atoms with Crippen molar-refractivity contribution in [2.75, 3.05) is 18.0 Å². The molecule has 1 aromatic heterocycles. The predicted molar refractivity (Wildman–Crippen MR) is 85.5 cm³/mol. The minimum atomic E-state index is -0.529. The van der Waals surface area contributed by atoms with E-state index in [2.05, 4.69) is 10.3 Å². The van der Waals surface area contributed by atoms with Crippen molar-refractivity contribution in [3.63, 3.8) is 0 Å². The van der Waals surface area contributed by atoms with E-state index in [1.165, 1.54) is 12.3 Å². The van der Waals surface area contributed by atoms with Crippen molar-refractivity contribution in [2.24, 2.45) is 0 Å². The van der Waals surface area contributed by atoms with Crippen molar-refractivity contribution in [3.8, 4) is 0 Å². The van der Waals surface area contributed by atoms with Gasteiger partial charge in [-0.3, -0.25) is 10.1 Å². The monoisotopic (exact) mass is 322 g/mol. The Bertz CT molecular complexity index is 568. The zero-order valence-corrected chi connectivity index (χ0v) is 13.6. The van der Waals surface area contributed by atoms with E-state index in [9.17, 15) is 14.9 Å². The number of amides is 1. The van der Waals surface area contributed by atoms with Crippen LogP contribution in [0.4, 0.5) is 16.3 Å². The lowest BCUT2D eigenvalue weighted by atomic mass is 10.1. The van der Waals surface area contributed by atoms with Crippen LogP contribution >= 0.6 is 0 Å². The molecule has 0 aliphatic carbocycles. The summed E-state index contributed by atoms with van der Waals surface area (Å²) in [5.74, 6) is 0.672. The Morgan fingerprint density at radius 3 is 2.78 bits per heavy atom. The molecule has 1 aliphatic heterocycles. The third-order valence-corrected chi connectivity index (χ3v) is 3.41. The number of piperidine rings is 1. The Morgan fingerprint density at radius 2 is 2.22 bits per heavy atom. The van der Waals surface area contributed by atoms with E-state index in [4.69, 9.17) is 4.74 Å². The first-order valence-corrected chi connectivity index (χ1v) is 7.59. The zero-order chi connectivity index (χ0) is 17.0. The first-order valence-electron chi connectivity index (χ1n) is 7.59. The van der Waals surface area contributed by atoms with Crippen LogP contribution in [0.25, 0.3) is 0 Å². The van der Waals surface area contributed by atoms with E-state index in [1.54, 1.807) is 6.07 Å². The Labute approximate surface area is 135 Å². The number of rotatable bonds is 3. The summed E-state index contributed by atoms with van der Waals surface area (Å²) in [6.07, 6.45) is 2.59. The van der Waals surface area contributed by atoms with E-state index < -0.39 is 16.6 Å². The number of carbonyl (C=O) groups excluding carboxylic acids is 1. The smallest absolute Gasteiger partial charge is 0.407 e. The summed E-state index contributed by atoms with van der Waals surface area (Å²) in [7, 11) is 0. The van der Waals surface area contributed by atoms with Gasteiger partial charge in [0.05, 0.1) is 4.92 Å². The number of aromatic nitrogens is 1. The number of hydrogen-bond acceptors (Lipinski definition) is 6. The third kappa shape index (κ3) is 5.08. The Morgan fingerprint density at radius 1 is 1.48 bits per heavy atom. The van der Waals surface area contributed by atoms with Crippen molar-refractivity contribution in [1.29, 1.82) is 0 Å². The highest BCUT2D eigenvalue weighted by molar-refractivity contribution is 5.68. The Kier molecular flexibility index (Phi) is 5.02. The van der Waals surface area contributed by atoms with Gasteiger partial charge in [-0.25, -0.2) is 9.78 Å². The molecular weight excluding hydrogens is 300 g/mol. The molecule has 1 aliphatic rings. The normalized spacial score (nSPS) is 18.4. The number of anilines is 1. The second-order valence-electron chi connectivity index (χ2n) is 6.56. The fourth-order valence-electron chi connectivity index (χ4n) is 2.45. The van der Waals surface area contributed by atoms with Crippen LogP contribution in [-0.2, 0) is 4.74 Å². The van der Waals surface area contributed by atoms with Gasteiger partial charge in [0.1, 0.15) is 17.6 Å². The zero-order valence-electron chi connectivity index (χ0n) is 13.6. The largest absolute Gasteiger partial charge is 0.444 e. The highest BCUT2D eigenvalue weighted by Crippen LogP contribution is 2.20. The summed E-state index contributed by atoms with van der Waals surface area (Å²) >= 11 is 0.